The molecule has 2 N–H and O–H groups in total. The topological polar surface area (TPSA) is 93.9 Å². The molecule has 7 nitrogen and oxygen atoms in total. The molecule has 0 unspecified atom stereocenters. The van der Waals surface area contributed by atoms with Crippen molar-refractivity contribution in [2.24, 2.45) is 0 Å². The molecule has 146 valence electrons. The third-order valence-corrected chi connectivity index (χ3v) is 4.77. The molecule has 0 amide bonds. The third kappa shape index (κ3) is 5.92. The van der Waals surface area contributed by atoms with Crippen molar-refractivity contribution < 1.29 is 19.5 Å². The molecule has 0 aliphatic carbocycles. The van der Waals surface area contributed by atoms with Gasteiger partial charge in [-0.25, -0.2) is 0 Å². The second-order valence-corrected chi connectivity index (χ2v) is 7.56. The first-order chi connectivity index (χ1) is 12.8. The molecule has 0 atom stereocenters. The lowest BCUT2D eigenvalue weighted by molar-refractivity contribution is -0.384. The largest absolute Gasteiger partial charge is 0.493 e. The van der Waals surface area contributed by atoms with Crippen LogP contribution in [-0.4, -0.2) is 29.3 Å². The van der Waals surface area contributed by atoms with Gasteiger partial charge in [0.15, 0.2) is 11.5 Å². The second kappa shape index (κ2) is 9.16. The van der Waals surface area contributed by atoms with Crippen LogP contribution in [0.15, 0.2) is 40.9 Å². The number of halogens is 1. The van der Waals surface area contributed by atoms with E-state index in [-0.39, 0.29) is 18.9 Å². The van der Waals surface area contributed by atoms with Gasteiger partial charge in [0, 0.05) is 28.7 Å². The Morgan fingerprint density at radius 2 is 1.89 bits per heavy atom. The summed E-state index contributed by atoms with van der Waals surface area (Å²) in [7, 11) is 1.57. The number of nitrogens with zero attached hydrogens (tertiary/aromatic N) is 1. The van der Waals surface area contributed by atoms with E-state index in [0.717, 1.165) is 15.6 Å². The van der Waals surface area contributed by atoms with Crippen LogP contribution in [0, 0.1) is 10.1 Å². The third-order valence-electron chi connectivity index (χ3n) is 4.03. The van der Waals surface area contributed by atoms with Crippen molar-refractivity contribution in [2.75, 3.05) is 13.7 Å². The summed E-state index contributed by atoms with van der Waals surface area (Å²) in [5.74, 6) is 1.15. The first kappa shape index (κ1) is 21.1. The van der Waals surface area contributed by atoms with Crippen LogP contribution in [0.3, 0.4) is 0 Å². The molecule has 0 aliphatic rings. The van der Waals surface area contributed by atoms with Crippen LogP contribution in [-0.2, 0) is 13.2 Å². The SMILES string of the molecule is COc1cc(CNC(C)(C)CO)c(Br)cc1OCc1ccc([N+](=O)[O-])cc1. The van der Waals surface area contributed by atoms with Gasteiger partial charge in [0.1, 0.15) is 6.61 Å². The smallest absolute Gasteiger partial charge is 0.269 e. The average molecular weight is 439 g/mol. The van der Waals surface area contributed by atoms with E-state index in [1.807, 2.05) is 26.0 Å². The van der Waals surface area contributed by atoms with Gasteiger partial charge >= 0.3 is 0 Å². The molecule has 0 spiro atoms. The molecule has 0 saturated heterocycles. The maximum Gasteiger partial charge on any atom is 0.269 e. The molecule has 0 heterocycles. The number of non-ortho nitro benzene ring substituents is 1. The van der Waals surface area contributed by atoms with Crippen molar-refractivity contribution in [2.45, 2.75) is 32.5 Å². The van der Waals surface area contributed by atoms with Crippen LogP contribution >= 0.6 is 15.9 Å². The fourth-order valence-electron chi connectivity index (χ4n) is 2.25. The zero-order chi connectivity index (χ0) is 20.0. The Balaban J connectivity index is 2.10. The van der Waals surface area contributed by atoms with Crippen LogP contribution in [0.2, 0.25) is 0 Å². The Morgan fingerprint density at radius 3 is 2.44 bits per heavy atom. The lowest BCUT2D eigenvalue weighted by Gasteiger charge is -2.24. The van der Waals surface area contributed by atoms with Gasteiger partial charge in [-0.15, -0.1) is 0 Å². The van der Waals surface area contributed by atoms with Gasteiger partial charge in [0.2, 0.25) is 0 Å². The van der Waals surface area contributed by atoms with Crippen molar-refractivity contribution in [3.63, 3.8) is 0 Å². The molecule has 0 radical (unpaired) electrons. The number of hydrogen-bond acceptors (Lipinski definition) is 6. The predicted octanol–water partition coefficient (Wildman–Crippen LogP) is 3.81. The van der Waals surface area contributed by atoms with Crippen molar-refractivity contribution in [3.05, 3.63) is 62.1 Å². The fraction of sp³-hybridized carbons (Fsp3) is 0.368. The highest BCUT2D eigenvalue weighted by Gasteiger charge is 2.17. The van der Waals surface area contributed by atoms with Crippen LogP contribution < -0.4 is 14.8 Å². The summed E-state index contributed by atoms with van der Waals surface area (Å²) in [6.45, 7) is 4.67. The van der Waals surface area contributed by atoms with Gasteiger partial charge in [-0.05, 0) is 49.2 Å². The lowest BCUT2D eigenvalue weighted by Crippen LogP contribution is -2.42. The van der Waals surface area contributed by atoms with E-state index in [4.69, 9.17) is 9.47 Å². The van der Waals surface area contributed by atoms with Gasteiger partial charge in [-0.3, -0.25) is 10.1 Å². The number of ether oxygens (including phenoxy) is 2. The van der Waals surface area contributed by atoms with Gasteiger partial charge in [0.05, 0.1) is 18.6 Å². The van der Waals surface area contributed by atoms with Gasteiger partial charge in [0.25, 0.3) is 5.69 Å². The first-order valence-corrected chi connectivity index (χ1v) is 9.13. The molecule has 8 heteroatoms. The van der Waals surface area contributed by atoms with Gasteiger partial charge in [-0.2, -0.15) is 0 Å². The minimum absolute atomic E-state index is 0.0260. The van der Waals surface area contributed by atoms with Gasteiger partial charge < -0.3 is 19.9 Å². The van der Waals surface area contributed by atoms with Crippen molar-refractivity contribution >= 4 is 21.6 Å². The Bertz CT molecular complexity index is 793. The summed E-state index contributed by atoms with van der Waals surface area (Å²) in [6.07, 6.45) is 0. The zero-order valence-electron chi connectivity index (χ0n) is 15.5. The molecule has 0 saturated carbocycles. The normalized spacial score (nSPS) is 11.3. The molecule has 0 fully saturated rings. The number of nitro benzene ring substituents is 1. The number of rotatable bonds is 9. The van der Waals surface area contributed by atoms with E-state index in [0.29, 0.717) is 18.0 Å². The van der Waals surface area contributed by atoms with E-state index in [1.165, 1.54) is 12.1 Å². The van der Waals surface area contributed by atoms with E-state index < -0.39 is 10.5 Å². The summed E-state index contributed by atoms with van der Waals surface area (Å²) in [5.41, 5.74) is 1.43. The van der Waals surface area contributed by atoms with Crippen LogP contribution in [0.25, 0.3) is 0 Å². The molecular formula is C19H23BrN2O5. The van der Waals surface area contributed by atoms with Crippen LogP contribution in [0.1, 0.15) is 25.0 Å². The highest BCUT2D eigenvalue weighted by Crippen LogP contribution is 2.34. The summed E-state index contributed by atoms with van der Waals surface area (Å²) in [5, 5.41) is 23.3. The fourth-order valence-corrected chi connectivity index (χ4v) is 2.71. The Labute approximate surface area is 166 Å². The maximum atomic E-state index is 10.7. The minimum Gasteiger partial charge on any atom is -0.493 e. The minimum atomic E-state index is -0.435. The van der Waals surface area contributed by atoms with Crippen LogP contribution in [0.5, 0.6) is 11.5 Å². The molecule has 2 aromatic carbocycles. The van der Waals surface area contributed by atoms with E-state index >= 15 is 0 Å². The number of benzene rings is 2. The highest BCUT2D eigenvalue weighted by atomic mass is 79.9. The predicted molar refractivity (Wildman–Crippen MR) is 106 cm³/mol. The Kier molecular flexibility index (Phi) is 7.18. The average Bonchev–Trinajstić information content (AvgIpc) is 2.65. The molecule has 0 bridgehead atoms. The van der Waals surface area contributed by atoms with Crippen LogP contribution in [0.4, 0.5) is 5.69 Å². The van der Waals surface area contributed by atoms with Gasteiger partial charge in [-0.1, -0.05) is 15.9 Å². The molecular weight excluding hydrogens is 416 g/mol. The quantitative estimate of drug-likeness (QED) is 0.456. The van der Waals surface area contributed by atoms with Crippen molar-refractivity contribution in [1.82, 2.24) is 5.32 Å². The monoisotopic (exact) mass is 438 g/mol. The number of aliphatic hydroxyl groups is 1. The summed E-state index contributed by atoms with van der Waals surface area (Å²) >= 11 is 3.54. The standard InChI is InChI=1S/C19H23BrN2O5/c1-19(2,12-23)21-10-14-8-17(26-3)18(9-16(14)20)27-11-13-4-6-15(7-5-13)22(24)25/h4-9,21,23H,10-12H2,1-3H3. The summed E-state index contributed by atoms with van der Waals surface area (Å²) < 4.78 is 12.1. The second-order valence-electron chi connectivity index (χ2n) is 6.70. The molecule has 0 aromatic heterocycles. The molecule has 0 aliphatic heterocycles. The Morgan fingerprint density at radius 1 is 1.22 bits per heavy atom. The van der Waals surface area contributed by atoms with E-state index in [9.17, 15) is 15.2 Å². The van der Waals surface area contributed by atoms with E-state index in [1.54, 1.807) is 19.2 Å². The number of aliphatic hydroxyl groups excluding tert-OH is 1. The van der Waals surface area contributed by atoms with Crippen molar-refractivity contribution in [3.8, 4) is 11.5 Å². The van der Waals surface area contributed by atoms with E-state index in [2.05, 4.69) is 21.2 Å². The maximum absolute atomic E-state index is 10.7. The molecule has 2 rings (SSSR count). The highest BCUT2D eigenvalue weighted by molar-refractivity contribution is 9.10. The lowest BCUT2D eigenvalue weighted by atomic mass is 10.1. The zero-order valence-corrected chi connectivity index (χ0v) is 17.1. The molecule has 2 aromatic rings. The Hall–Kier alpha value is -2.16. The number of nitrogens with one attached hydrogen (secondary N) is 1. The summed E-state index contributed by atoms with van der Waals surface area (Å²) in [6, 6.07) is 9.92. The number of hydrogen-bond donors (Lipinski definition) is 2. The number of methoxy groups -OCH3 is 1. The molecule has 27 heavy (non-hydrogen) atoms. The van der Waals surface area contributed by atoms with Crippen molar-refractivity contribution in [1.29, 1.82) is 0 Å². The number of nitro groups is 1. The first-order valence-electron chi connectivity index (χ1n) is 8.34. The summed E-state index contributed by atoms with van der Waals surface area (Å²) in [4.78, 5) is 10.3.